The number of allylic oxidation sites excluding steroid dienone is 5. The predicted octanol–water partition coefficient (Wildman–Crippen LogP) is 18.5. The highest BCUT2D eigenvalue weighted by Crippen LogP contribution is 2.43. The topological polar surface area (TPSA) is 105 Å². The Balaban J connectivity index is 3.94. The van der Waals surface area contributed by atoms with Crippen molar-refractivity contribution in [1.82, 2.24) is 5.32 Å². The SMILES string of the molecule is CCCCCCC/C=C\C/C=C\CCCCCCCCCCCCCCCCCCCCCCCCCC(=O)NC(COP(=O)(O)OCC[N+](C)(C)C)C(O)/C=C/CCCCCCCCCCCCC. The van der Waals surface area contributed by atoms with Gasteiger partial charge in [0.1, 0.15) is 13.2 Å². The van der Waals surface area contributed by atoms with Crippen molar-refractivity contribution in [3.63, 3.8) is 0 Å². The van der Waals surface area contributed by atoms with Crippen molar-refractivity contribution in [2.75, 3.05) is 40.9 Å². The summed E-state index contributed by atoms with van der Waals surface area (Å²) in [7, 11) is 1.58. The molecule has 9 heteroatoms. The van der Waals surface area contributed by atoms with Crippen LogP contribution in [0.15, 0.2) is 36.5 Å². The summed E-state index contributed by atoms with van der Waals surface area (Å²) in [5.41, 5.74) is 0. The third-order valence-electron chi connectivity index (χ3n) is 13.9. The number of hydrogen-bond acceptors (Lipinski definition) is 5. The number of aliphatic hydroxyl groups excluding tert-OH is 1. The second-order valence-corrected chi connectivity index (χ2v) is 23.5. The van der Waals surface area contributed by atoms with E-state index in [2.05, 4.69) is 43.5 Å². The van der Waals surface area contributed by atoms with Crippen LogP contribution in [-0.4, -0.2) is 73.4 Å². The molecule has 0 aromatic heterocycles. The number of rotatable bonds is 56. The van der Waals surface area contributed by atoms with Crippen LogP contribution in [0, 0.1) is 0 Å². The normalized spacial score (nSPS) is 14.1. The van der Waals surface area contributed by atoms with Gasteiger partial charge in [0.15, 0.2) is 0 Å². The summed E-state index contributed by atoms with van der Waals surface area (Å²) in [5.74, 6) is -0.173. The van der Waals surface area contributed by atoms with Crippen LogP contribution < -0.4 is 5.32 Å². The molecule has 0 aliphatic heterocycles. The molecule has 3 atom stereocenters. The maximum atomic E-state index is 13.0. The van der Waals surface area contributed by atoms with Crippen LogP contribution in [0.5, 0.6) is 0 Å². The zero-order valence-electron chi connectivity index (χ0n) is 47.3. The Kier molecular flexibility index (Phi) is 51.6. The molecule has 0 spiro atoms. The summed E-state index contributed by atoms with van der Waals surface area (Å²) >= 11 is 0. The van der Waals surface area contributed by atoms with Gasteiger partial charge in [-0.05, 0) is 51.4 Å². The fraction of sp³-hybridized carbons (Fsp3) is 0.885. The highest BCUT2D eigenvalue weighted by atomic mass is 31.2. The molecule has 0 radical (unpaired) electrons. The molecule has 0 rings (SSSR count). The Morgan fingerprint density at radius 1 is 0.486 bits per heavy atom. The van der Waals surface area contributed by atoms with E-state index in [1.54, 1.807) is 6.08 Å². The van der Waals surface area contributed by atoms with Crippen molar-refractivity contribution in [3.05, 3.63) is 36.5 Å². The van der Waals surface area contributed by atoms with E-state index in [4.69, 9.17) is 9.05 Å². The quantitative estimate of drug-likeness (QED) is 0.0243. The summed E-state index contributed by atoms with van der Waals surface area (Å²) in [4.78, 5) is 23.3. The van der Waals surface area contributed by atoms with Crippen molar-refractivity contribution in [2.45, 2.75) is 309 Å². The summed E-state index contributed by atoms with van der Waals surface area (Å²) in [6.45, 7) is 4.83. The van der Waals surface area contributed by atoms with E-state index in [1.807, 2.05) is 27.2 Å². The number of quaternary nitrogens is 1. The van der Waals surface area contributed by atoms with Crippen LogP contribution >= 0.6 is 7.82 Å². The number of nitrogens with one attached hydrogen (secondary N) is 1. The zero-order valence-corrected chi connectivity index (χ0v) is 48.2. The minimum Gasteiger partial charge on any atom is -0.387 e. The second kappa shape index (κ2) is 52.6. The molecule has 70 heavy (non-hydrogen) atoms. The van der Waals surface area contributed by atoms with Crippen molar-refractivity contribution < 1.29 is 32.9 Å². The number of amides is 1. The lowest BCUT2D eigenvalue weighted by Crippen LogP contribution is -2.45. The zero-order chi connectivity index (χ0) is 51.3. The van der Waals surface area contributed by atoms with E-state index >= 15 is 0 Å². The van der Waals surface area contributed by atoms with Gasteiger partial charge in [-0.1, -0.05) is 275 Å². The third-order valence-corrected chi connectivity index (χ3v) is 14.8. The number of aliphatic hydroxyl groups is 1. The first-order valence-electron chi connectivity index (χ1n) is 30.4. The van der Waals surface area contributed by atoms with Gasteiger partial charge in [-0.25, -0.2) is 4.57 Å². The number of phosphoric acid groups is 1. The Morgan fingerprint density at radius 2 is 0.814 bits per heavy atom. The largest absolute Gasteiger partial charge is 0.472 e. The predicted molar refractivity (Wildman–Crippen MR) is 304 cm³/mol. The Labute approximate surface area is 436 Å². The molecule has 0 saturated carbocycles. The van der Waals surface area contributed by atoms with Crippen LogP contribution in [0.1, 0.15) is 296 Å². The van der Waals surface area contributed by atoms with E-state index in [0.29, 0.717) is 17.4 Å². The van der Waals surface area contributed by atoms with Crippen molar-refractivity contribution in [1.29, 1.82) is 0 Å². The van der Waals surface area contributed by atoms with E-state index in [1.165, 1.54) is 231 Å². The molecule has 1 amide bonds. The molecule has 0 fully saturated rings. The maximum absolute atomic E-state index is 13.0. The van der Waals surface area contributed by atoms with Gasteiger partial charge >= 0.3 is 7.82 Å². The lowest BCUT2D eigenvalue weighted by molar-refractivity contribution is -0.870. The van der Waals surface area contributed by atoms with Gasteiger partial charge < -0.3 is 19.8 Å². The molecule has 0 aliphatic rings. The molecule has 3 N–H and O–H groups in total. The molecular weight excluding hydrogens is 888 g/mol. The number of hydrogen-bond donors (Lipinski definition) is 3. The molecule has 0 bridgehead atoms. The summed E-state index contributed by atoms with van der Waals surface area (Å²) < 4.78 is 23.7. The van der Waals surface area contributed by atoms with Crippen LogP contribution in [0.3, 0.4) is 0 Å². The van der Waals surface area contributed by atoms with Crippen molar-refractivity contribution in [3.8, 4) is 0 Å². The van der Waals surface area contributed by atoms with Crippen molar-refractivity contribution in [2.24, 2.45) is 0 Å². The number of phosphoric ester groups is 1. The number of nitrogens with zero attached hydrogens (tertiary/aromatic N) is 1. The number of carbonyl (C=O) groups excluding carboxylic acids is 1. The highest BCUT2D eigenvalue weighted by Gasteiger charge is 2.27. The minimum absolute atomic E-state index is 0.0634. The first kappa shape index (κ1) is 68.7. The van der Waals surface area contributed by atoms with Gasteiger partial charge in [0.05, 0.1) is 39.9 Å². The molecule has 0 aromatic carbocycles. The van der Waals surface area contributed by atoms with Crippen LogP contribution in [0.2, 0.25) is 0 Å². The molecule has 0 aliphatic carbocycles. The van der Waals surface area contributed by atoms with E-state index < -0.39 is 20.0 Å². The van der Waals surface area contributed by atoms with Gasteiger partial charge in [-0.3, -0.25) is 13.8 Å². The Bertz CT molecular complexity index is 1230. The molecule has 3 unspecified atom stereocenters. The van der Waals surface area contributed by atoms with Gasteiger partial charge in [0, 0.05) is 6.42 Å². The average Bonchev–Trinajstić information content (AvgIpc) is 3.32. The Morgan fingerprint density at radius 3 is 1.17 bits per heavy atom. The minimum atomic E-state index is -4.34. The molecule has 0 heterocycles. The van der Waals surface area contributed by atoms with Crippen LogP contribution in [0.25, 0.3) is 0 Å². The summed E-state index contributed by atoms with van der Waals surface area (Å²) in [5, 5.41) is 13.9. The molecular formula is C61H120N2O6P+. The van der Waals surface area contributed by atoms with Gasteiger partial charge in [0.2, 0.25) is 5.91 Å². The molecule has 0 aromatic rings. The Hall–Kier alpha value is -1.28. The number of carbonyl (C=O) groups is 1. The smallest absolute Gasteiger partial charge is 0.387 e. The van der Waals surface area contributed by atoms with Gasteiger partial charge in [-0.2, -0.15) is 0 Å². The lowest BCUT2D eigenvalue weighted by atomic mass is 10.0. The van der Waals surface area contributed by atoms with E-state index in [-0.39, 0.29) is 19.1 Å². The first-order valence-corrected chi connectivity index (χ1v) is 31.9. The number of likely N-dealkylation sites (N-methyl/N-ethyl adjacent to an activating group) is 1. The maximum Gasteiger partial charge on any atom is 0.472 e. The molecule has 0 saturated heterocycles. The first-order chi connectivity index (χ1) is 34.0. The molecule has 414 valence electrons. The fourth-order valence-corrected chi connectivity index (χ4v) is 9.81. The van der Waals surface area contributed by atoms with Crippen LogP contribution in [0.4, 0.5) is 0 Å². The third kappa shape index (κ3) is 54.5. The number of unbranched alkanes of at least 4 members (excludes halogenated alkanes) is 39. The highest BCUT2D eigenvalue weighted by molar-refractivity contribution is 7.47. The summed E-state index contributed by atoms with van der Waals surface area (Å²) in [6, 6.07) is -0.843. The van der Waals surface area contributed by atoms with Crippen LogP contribution in [-0.2, 0) is 18.4 Å². The monoisotopic (exact) mass is 1010 g/mol. The molecule has 8 nitrogen and oxygen atoms in total. The fourth-order valence-electron chi connectivity index (χ4n) is 9.08. The van der Waals surface area contributed by atoms with Crippen molar-refractivity contribution >= 4 is 13.7 Å². The van der Waals surface area contributed by atoms with Gasteiger partial charge in [0.25, 0.3) is 0 Å². The van der Waals surface area contributed by atoms with E-state index in [9.17, 15) is 19.4 Å². The second-order valence-electron chi connectivity index (χ2n) is 22.1. The van der Waals surface area contributed by atoms with E-state index in [0.717, 1.165) is 44.9 Å². The lowest BCUT2D eigenvalue weighted by Gasteiger charge is -2.25. The van der Waals surface area contributed by atoms with Gasteiger partial charge in [-0.15, -0.1) is 0 Å². The summed E-state index contributed by atoms with van der Waals surface area (Å²) in [6.07, 6.45) is 68.4. The standard InChI is InChI=1S/C61H119N2O6P/c1-6-8-10-12-14-16-18-20-21-22-23-24-25-26-27-28-29-30-31-32-33-34-35-36-37-38-39-40-41-43-45-47-49-51-53-55-61(65)62-59(58-69-70(66,67)68-57-56-63(3,4)5)60(64)54-52-50-48-46-44-42-19-17-15-13-11-9-7-2/h18,20,22-23,52,54,59-60,64H,6-17,19,21,24-51,53,55-58H2,1-5H3,(H-,62,65,66,67)/p+1/b20-18-,23-22-,54-52+. The average molecular weight is 1010 g/mol.